The summed E-state index contributed by atoms with van der Waals surface area (Å²) in [6.07, 6.45) is 0. The Balaban J connectivity index is 1.77. The zero-order valence-electron chi connectivity index (χ0n) is 11.6. The van der Waals surface area contributed by atoms with Crippen molar-refractivity contribution in [2.45, 2.75) is 19.5 Å². The third-order valence-electron chi connectivity index (χ3n) is 3.54. The molecule has 0 amide bonds. The molecule has 0 fully saturated rings. The maximum Gasteiger partial charge on any atom is 0.0636 e. The molecule has 1 nitrogen and oxygen atoms in total. The minimum atomic E-state index is 0.181. The Morgan fingerprint density at radius 3 is 2.52 bits per heavy atom. The van der Waals surface area contributed by atoms with Gasteiger partial charge in [0.25, 0.3) is 0 Å². The van der Waals surface area contributed by atoms with Crippen LogP contribution < -0.4 is 5.32 Å². The molecular weight excluding hydrogens is 321 g/mol. The summed E-state index contributed by atoms with van der Waals surface area (Å²) in [5.74, 6) is 0. The molecule has 0 radical (unpaired) electrons. The zero-order chi connectivity index (χ0) is 14.8. The highest BCUT2D eigenvalue weighted by atomic mass is 35.5. The molecule has 1 heterocycles. The van der Waals surface area contributed by atoms with Crippen molar-refractivity contribution in [1.82, 2.24) is 5.32 Å². The molecule has 3 aromatic rings. The molecular formula is C17H15Cl2NS. The molecule has 0 aliphatic rings. The first-order valence-corrected chi connectivity index (χ1v) is 8.38. The highest BCUT2D eigenvalue weighted by Gasteiger charge is 2.12. The number of thiophene rings is 1. The predicted molar refractivity (Wildman–Crippen MR) is 93.5 cm³/mol. The lowest BCUT2D eigenvalue weighted by Crippen LogP contribution is -2.17. The lowest BCUT2D eigenvalue weighted by atomic mass is 10.1. The van der Waals surface area contributed by atoms with Crippen LogP contribution in [0.5, 0.6) is 0 Å². The number of halogens is 2. The Hall–Kier alpha value is -1.06. The van der Waals surface area contributed by atoms with Crippen molar-refractivity contribution in [2.75, 3.05) is 0 Å². The molecule has 108 valence electrons. The Labute approximate surface area is 138 Å². The number of hydrogen-bond acceptors (Lipinski definition) is 2. The molecule has 1 unspecified atom stereocenters. The van der Waals surface area contributed by atoms with Crippen LogP contribution in [0.4, 0.5) is 0 Å². The Bertz CT molecular complexity index is 766. The van der Waals surface area contributed by atoms with Crippen molar-refractivity contribution in [3.8, 4) is 0 Å². The molecule has 1 atom stereocenters. The fourth-order valence-electron chi connectivity index (χ4n) is 2.36. The van der Waals surface area contributed by atoms with E-state index < -0.39 is 0 Å². The van der Waals surface area contributed by atoms with Gasteiger partial charge in [-0.2, -0.15) is 0 Å². The van der Waals surface area contributed by atoms with Gasteiger partial charge in [0, 0.05) is 32.6 Å². The maximum atomic E-state index is 6.46. The monoisotopic (exact) mass is 335 g/mol. The summed E-state index contributed by atoms with van der Waals surface area (Å²) in [4.78, 5) is 1.16. The lowest BCUT2D eigenvalue weighted by Gasteiger charge is -2.15. The van der Waals surface area contributed by atoms with E-state index in [0.29, 0.717) is 0 Å². The third-order valence-corrected chi connectivity index (χ3v) is 5.60. The number of nitrogens with one attached hydrogen (secondary N) is 1. The van der Waals surface area contributed by atoms with E-state index in [4.69, 9.17) is 23.2 Å². The van der Waals surface area contributed by atoms with E-state index in [0.717, 1.165) is 32.4 Å². The Morgan fingerprint density at radius 2 is 1.76 bits per heavy atom. The Morgan fingerprint density at radius 1 is 1.05 bits per heavy atom. The Kier molecular flexibility index (Phi) is 4.51. The molecule has 0 aliphatic carbocycles. The molecule has 0 spiro atoms. The molecule has 3 rings (SSSR count). The van der Waals surface area contributed by atoms with E-state index in [2.05, 4.69) is 24.4 Å². The van der Waals surface area contributed by atoms with Crippen molar-refractivity contribution >= 4 is 44.6 Å². The standard InChI is InChI=1S/C17H15Cl2NS/c1-11(12-6-2-4-8-14(12)18)20-10-16-17(19)13-7-3-5-9-15(13)21-16/h2-9,11,20H,10H2,1H3. The number of benzene rings is 2. The van der Waals surface area contributed by atoms with Gasteiger partial charge in [0.1, 0.15) is 0 Å². The maximum absolute atomic E-state index is 6.46. The fraction of sp³-hybridized carbons (Fsp3) is 0.176. The van der Waals surface area contributed by atoms with Gasteiger partial charge in [-0.25, -0.2) is 0 Å². The highest BCUT2D eigenvalue weighted by molar-refractivity contribution is 7.19. The van der Waals surface area contributed by atoms with Gasteiger partial charge >= 0.3 is 0 Å². The van der Waals surface area contributed by atoms with Crippen LogP contribution in [0.1, 0.15) is 23.4 Å². The number of hydrogen-bond donors (Lipinski definition) is 1. The number of fused-ring (bicyclic) bond motifs is 1. The summed E-state index contributed by atoms with van der Waals surface area (Å²) in [6, 6.07) is 16.3. The van der Waals surface area contributed by atoms with E-state index in [1.54, 1.807) is 11.3 Å². The molecule has 4 heteroatoms. The van der Waals surface area contributed by atoms with Crippen molar-refractivity contribution in [3.63, 3.8) is 0 Å². The number of rotatable bonds is 4. The largest absolute Gasteiger partial charge is 0.305 e. The van der Waals surface area contributed by atoms with Gasteiger partial charge < -0.3 is 5.32 Å². The summed E-state index contributed by atoms with van der Waals surface area (Å²) in [7, 11) is 0. The van der Waals surface area contributed by atoms with Crippen LogP contribution in [0.2, 0.25) is 10.0 Å². The fourth-order valence-corrected chi connectivity index (χ4v) is 4.11. The second kappa shape index (κ2) is 6.37. The van der Waals surface area contributed by atoms with Gasteiger partial charge in [-0.3, -0.25) is 0 Å². The predicted octanol–water partition coefficient (Wildman–Crippen LogP) is 6.06. The first kappa shape index (κ1) is 14.9. The van der Waals surface area contributed by atoms with E-state index in [-0.39, 0.29) is 6.04 Å². The van der Waals surface area contributed by atoms with Crippen LogP contribution in [-0.2, 0) is 6.54 Å². The molecule has 0 bridgehead atoms. The molecule has 0 aliphatic heterocycles. The summed E-state index contributed by atoms with van der Waals surface area (Å²) in [5.41, 5.74) is 1.11. The summed E-state index contributed by atoms with van der Waals surface area (Å²) < 4.78 is 1.23. The normalized spacial score (nSPS) is 12.7. The second-order valence-electron chi connectivity index (χ2n) is 4.96. The molecule has 21 heavy (non-hydrogen) atoms. The van der Waals surface area contributed by atoms with Crippen LogP contribution in [0.15, 0.2) is 48.5 Å². The van der Waals surface area contributed by atoms with Gasteiger partial charge in [-0.05, 0) is 24.6 Å². The lowest BCUT2D eigenvalue weighted by molar-refractivity contribution is 0.579. The van der Waals surface area contributed by atoms with Crippen molar-refractivity contribution in [2.24, 2.45) is 0 Å². The summed E-state index contributed by atoms with van der Waals surface area (Å²) in [6.45, 7) is 2.85. The minimum absolute atomic E-state index is 0.181. The van der Waals surface area contributed by atoms with E-state index in [9.17, 15) is 0 Å². The topological polar surface area (TPSA) is 12.0 Å². The van der Waals surface area contributed by atoms with Crippen molar-refractivity contribution in [1.29, 1.82) is 0 Å². The van der Waals surface area contributed by atoms with Gasteiger partial charge in [0.05, 0.1) is 5.02 Å². The molecule has 2 aromatic carbocycles. The van der Waals surface area contributed by atoms with Gasteiger partial charge in [-0.15, -0.1) is 11.3 Å². The molecule has 0 saturated heterocycles. The van der Waals surface area contributed by atoms with E-state index >= 15 is 0 Å². The van der Waals surface area contributed by atoms with Crippen LogP contribution in [0, 0.1) is 0 Å². The smallest absolute Gasteiger partial charge is 0.0636 e. The zero-order valence-corrected chi connectivity index (χ0v) is 13.9. The van der Waals surface area contributed by atoms with E-state index in [1.165, 1.54) is 4.70 Å². The van der Waals surface area contributed by atoms with Crippen LogP contribution in [0.25, 0.3) is 10.1 Å². The summed E-state index contributed by atoms with van der Waals surface area (Å²) in [5, 5.41) is 6.28. The van der Waals surface area contributed by atoms with Gasteiger partial charge in [0.2, 0.25) is 0 Å². The second-order valence-corrected chi connectivity index (χ2v) is 6.88. The summed E-state index contributed by atoms with van der Waals surface area (Å²) >= 11 is 14.4. The highest BCUT2D eigenvalue weighted by Crippen LogP contribution is 2.35. The van der Waals surface area contributed by atoms with Gasteiger partial charge in [-0.1, -0.05) is 59.6 Å². The first-order valence-electron chi connectivity index (χ1n) is 6.80. The molecule has 1 N–H and O–H groups in total. The average molecular weight is 336 g/mol. The van der Waals surface area contributed by atoms with Crippen LogP contribution >= 0.6 is 34.5 Å². The average Bonchev–Trinajstić information content (AvgIpc) is 2.82. The van der Waals surface area contributed by atoms with E-state index in [1.807, 2.05) is 36.4 Å². The van der Waals surface area contributed by atoms with Crippen molar-refractivity contribution in [3.05, 3.63) is 69.0 Å². The molecule has 1 aromatic heterocycles. The minimum Gasteiger partial charge on any atom is -0.305 e. The molecule has 0 saturated carbocycles. The SMILES string of the molecule is CC(NCc1sc2ccccc2c1Cl)c1ccccc1Cl. The van der Waals surface area contributed by atoms with Crippen LogP contribution in [-0.4, -0.2) is 0 Å². The quantitative estimate of drug-likeness (QED) is 0.611. The van der Waals surface area contributed by atoms with Crippen molar-refractivity contribution < 1.29 is 0 Å². The van der Waals surface area contributed by atoms with Gasteiger partial charge in [0.15, 0.2) is 0 Å². The third kappa shape index (κ3) is 3.09. The first-order chi connectivity index (χ1) is 10.2. The van der Waals surface area contributed by atoms with Crippen LogP contribution in [0.3, 0.4) is 0 Å².